The van der Waals surface area contributed by atoms with E-state index in [-0.39, 0.29) is 5.91 Å². The van der Waals surface area contributed by atoms with E-state index in [9.17, 15) is 4.79 Å². The Morgan fingerprint density at radius 2 is 2.50 bits per heavy atom. The Kier molecular flexibility index (Phi) is 2.68. The molecule has 92 valence electrons. The number of furan rings is 1. The second kappa shape index (κ2) is 4.48. The first kappa shape index (κ1) is 10.8. The Morgan fingerprint density at radius 3 is 3.33 bits per heavy atom. The molecule has 0 saturated carbocycles. The van der Waals surface area contributed by atoms with Crippen LogP contribution in [-0.2, 0) is 12.8 Å². The van der Waals surface area contributed by atoms with E-state index in [4.69, 9.17) is 4.42 Å². The normalized spacial score (nSPS) is 14.0. The lowest BCUT2D eigenvalue weighted by atomic mass is 10.2. The number of H-pyrrole nitrogens is 1. The first-order valence-corrected chi connectivity index (χ1v) is 5.77. The Hall–Kier alpha value is -2.37. The molecule has 2 heterocycles. The molecular formula is C12H12N4O2. The van der Waals surface area contributed by atoms with Gasteiger partial charge in [-0.3, -0.25) is 9.89 Å². The highest BCUT2D eigenvalue weighted by Gasteiger charge is 2.22. The first-order valence-electron chi connectivity index (χ1n) is 5.77. The number of hydrogen-bond acceptors (Lipinski definition) is 4. The maximum absolute atomic E-state index is 11.9. The minimum atomic E-state index is -0.294. The van der Waals surface area contributed by atoms with E-state index in [0.29, 0.717) is 11.5 Å². The van der Waals surface area contributed by atoms with Crippen LogP contribution in [0.15, 0.2) is 27.9 Å². The lowest BCUT2D eigenvalue weighted by Crippen LogP contribution is -2.19. The molecule has 0 fully saturated rings. The van der Waals surface area contributed by atoms with Gasteiger partial charge in [0.25, 0.3) is 5.91 Å². The van der Waals surface area contributed by atoms with Crippen LogP contribution in [0, 0.1) is 0 Å². The summed E-state index contributed by atoms with van der Waals surface area (Å²) in [4.78, 5) is 11.9. The van der Waals surface area contributed by atoms with Gasteiger partial charge >= 0.3 is 0 Å². The van der Waals surface area contributed by atoms with E-state index in [1.54, 1.807) is 18.4 Å². The van der Waals surface area contributed by atoms with Crippen LogP contribution in [0.2, 0.25) is 0 Å². The van der Waals surface area contributed by atoms with Gasteiger partial charge < -0.3 is 4.42 Å². The number of nitrogens with zero attached hydrogens (tertiary/aromatic N) is 2. The van der Waals surface area contributed by atoms with Crippen molar-refractivity contribution in [2.45, 2.75) is 19.3 Å². The quantitative estimate of drug-likeness (QED) is 0.629. The third-order valence-electron chi connectivity index (χ3n) is 2.92. The first-order chi connectivity index (χ1) is 8.84. The van der Waals surface area contributed by atoms with Crippen LogP contribution in [0.4, 0.5) is 0 Å². The average Bonchev–Trinajstić information content (AvgIpc) is 3.05. The summed E-state index contributed by atoms with van der Waals surface area (Å²) in [5.41, 5.74) is 4.96. The van der Waals surface area contributed by atoms with Gasteiger partial charge in [-0.25, -0.2) is 5.43 Å². The summed E-state index contributed by atoms with van der Waals surface area (Å²) in [5, 5.41) is 10.7. The number of hydrazone groups is 1. The summed E-state index contributed by atoms with van der Waals surface area (Å²) < 4.78 is 5.06. The summed E-state index contributed by atoms with van der Waals surface area (Å²) in [6.07, 6.45) is 5.93. The van der Waals surface area contributed by atoms with Crippen LogP contribution in [0.5, 0.6) is 0 Å². The van der Waals surface area contributed by atoms with Gasteiger partial charge in [0.05, 0.1) is 12.5 Å². The fraction of sp³-hybridized carbons (Fsp3) is 0.250. The zero-order valence-electron chi connectivity index (χ0n) is 9.64. The Balaban J connectivity index is 1.68. The molecule has 2 aromatic rings. The molecule has 1 amide bonds. The monoisotopic (exact) mass is 244 g/mol. The molecule has 0 atom stereocenters. The van der Waals surface area contributed by atoms with Crippen molar-refractivity contribution in [3.8, 4) is 0 Å². The molecule has 0 saturated heterocycles. The van der Waals surface area contributed by atoms with Gasteiger partial charge in [-0.15, -0.1) is 0 Å². The number of nitrogens with one attached hydrogen (secondary N) is 2. The number of carbonyl (C=O) groups is 1. The zero-order valence-corrected chi connectivity index (χ0v) is 9.64. The SMILES string of the molecule is O=C(NN=Cc1ccco1)c1n[nH]c2c1CCC2. The fourth-order valence-electron chi connectivity index (χ4n) is 2.08. The molecule has 18 heavy (non-hydrogen) atoms. The van der Waals surface area contributed by atoms with Crippen molar-refractivity contribution in [2.75, 3.05) is 0 Å². The van der Waals surface area contributed by atoms with Gasteiger partial charge in [0.15, 0.2) is 5.69 Å². The van der Waals surface area contributed by atoms with E-state index in [2.05, 4.69) is 20.7 Å². The molecule has 0 aromatic carbocycles. The van der Waals surface area contributed by atoms with Gasteiger partial charge in [-0.05, 0) is 31.4 Å². The standard InChI is InChI=1S/C12H12N4O2/c17-12(16-13-7-8-3-2-6-18-8)11-9-4-1-5-10(9)14-15-11/h2-3,6-7H,1,4-5H2,(H,14,15)(H,16,17). The summed E-state index contributed by atoms with van der Waals surface area (Å²) in [6.45, 7) is 0. The second-order valence-corrected chi connectivity index (χ2v) is 4.10. The molecule has 3 rings (SSSR count). The number of carbonyl (C=O) groups excluding carboxylic acids is 1. The number of aryl methyl sites for hydroxylation is 1. The minimum Gasteiger partial charge on any atom is -0.463 e. The predicted molar refractivity (Wildman–Crippen MR) is 64.4 cm³/mol. The van der Waals surface area contributed by atoms with Crippen LogP contribution in [-0.4, -0.2) is 22.3 Å². The van der Waals surface area contributed by atoms with Crippen molar-refractivity contribution >= 4 is 12.1 Å². The summed E-state index contributed by atoms with van der Waals surface area (Å²) in [7, 11) is 0. The van der Waals surface area contributed by atoms with Gasteiger partial charge in [0.2, 0.25) is 0 Å². The number of aromatic amines is 1. The number of hydrogen-bond donors (Lipinski definition) is 2. The lowest BCUT2D eigenvalue weighted by Gasteiger charge is -1.97. The largest absolute Gasteiger partial charge is 0.463 e. The van der Waals surface area contributed by atoms with E-state index in [1.807, 2.05) is 0 Å². The van der Waals surface area contributed by atoms with Crippen LogP contribution in [0.25, 0.3) is 0 Å². The predicted octanol–water partition coefficient (Wildman–Crippen LogP) is 1.26. The Bertz CT molecular complexity index is 583. The van der Waals surface area contributed by atoms with E-state index < -0.39 is 0 Å². The molecule has 1 aliphatic rings. The van der Waals surface area contributed by atoms with Crippen molar-refractivity contribution in [1.29, 1.82) is 0 Å². The molecule has 0 unspecified atom stereocenters. The Labute approximate surface area is 103 Å². The van der Waals surface area contributed by atoms with Gasteiger partial charge in [0, 0.05) is 11.3 Å². The third-order valence-corrected chi connectivity index (χ3v) is 2.92. The molecule has 6 heteroatoms. The van der Waals surface area contributed by atoms with E-state index in [1.165, 1.54) is 6.21 Å². The van der Waals surface area contributed by atoms with Crippen LogP contribution < -0.4 is 5.43 Å². The highest BCUT2D eigenvalue weighted by atomic mass is 16.3. The smallest absolute Gasteiger partial charge is 0.292 e. The van der Waals surface area contributed by atoms with Crippen molar-refractivity contribution < 1.29 is 9.21 Å². The molecule has 0 bridgehead atoms. The van der Waals surface area contributed by atoms with Crippen LogP contribution >= 0.6 is 0 Å². The molecule has 6 nitrogen and oxygen atoms in total. The third kappa shape index (κ3) is 1.92. The molecule has 0 aliphatic heterocycles. The van der Waals surface area contributed by atoms with Crippen molar-refractivity contribution in [3.05, 3.63) is 41.1 Å². The van der Waals surface area contributed by atoms with Gasteiger partial charge in [-0.1, -0.05) is 0 Å². The van der Waals surface area contributed by atoms with Gasteiger partial charge in [0.1, 0.15) is 5.76 Å². The molecule has 2 N–H and O–H groups in total. The molecule has 2 aromatic heterocycles. The summed E-state index contributed by atoms with van der Waals surface area (Å²) >= 11 is 0. The highest BCUT2D eigenvalue weighted by Crippen LogP contribution is 2.22. The Morgan fingerprint density at radius 1 is 1.56 bits per heavy atom. The van der Waals surface area contributed by atoms with Crippen LogP contribution in [0.1, 0.15) is 33.9 Å². The average molecular weight is 244 g/mol. The maximum atomic E-state index is 11.9. The fourth-order valence-corrected chi connectivity index (χ4v) is 2.08. The maximum Gasteiger partial charge on any atom is 0.292 e. The summed E-state index contributed by atoms with van der Waals surface area (Å²) in [6, 6.07) is 3.51. The van der Waals surface area contributed by atoms with Crippen molar-refractivity contribution in [2.24, 2.45) is 5.10 Å². The molecular weight excluding hydrogens is 232 g/mol. The number of rotatable bonds is 3. The molecule has 1 aliphatic carbocycles. The number of amides is 1. The second-order valence-electron chi connectivity index (χ2n) is 4.10. The topological polar surface area (TPSA) is 83.3 Å². The zero-order chi connectivity index (χ0) is 12.4. The number of fused-ring (bicyclic) bond motifs is 1. The minimum absolute atomic E-state index is 0.294. The van der Waals surface area contributed by atoms with E-state index in [0.717, 1.165) is 30.5 Å². The number of aromatic nitrogens is 2. The highest BCUT2D eigenvalue weighted by molar-refractivity contribution is 5.94. The van der Waals surface area contributed by atoms with E-state index >= 15 is 0 Å². The van der Waals surface area contributed by atoms with Gasteiger partial charge in [-0.2, -0.15) is 10.2 Å². The molecule has 0 radical (unpaired) electrons. The van der Waals surface area contributed by atoms with Crippen molar-refractivity contribution in [3.63, 3.8) is 0 Å². The molecule has 0 spiro atoms. The van der Waals surface area contributed by atoms with Crippen LogP contribution in [0.3, 0.4) is 0 Å². The summed E-state index contributed by atoms with van der Waals surface area (Å²) in [5.74, 6) is 0.291. The lowest BCUT2D eigenvalue weighted by molar-refractivity contribution is 0.0949. The van der Waals surface area contributed by atoms with Crippen molar-refractivity contribution in [1.82, 2.24) is 15.6 Å².